The first-order valence-electron chi connectivity index (χ1n) is 12.2. The molecule has 0 radical (unpaired) electrons. The fraction of sp³-hybridized carbons (Fsp3) is 0.0345. The average Bonchev–Trinajstić information content (AvgIpc) is 3.45. The molecule has 0 fully saturated rings. The van der Waals surface area contributed by atoms with E-state index in [1.807, 2.05) is 18.2 Å². The Morgan fingerprint density at radius 3 is 2.10 bits per heavy atom. The van der Waals surface area contributed by atoms with Crippen molar-refractivity contribution in [1.82, 2.24) is 25.0 Å². The van der Waals surface area contributed by atoms with Gasteiger partial charge < -0.3 is 5.32 Å². The topological polar surface area (TPSA) is 112 Å². The SMILES string of the molecule is O=[N+]([O-])c1cccc(-n2cc(CNc3ccc4nc(-c5ccc(F)cc5)c(-c5ccc(F)cc5)nc4c3)nn2)c1. The van der Waals surface area contributed by atoms with Gasteiger partial charge in [-0.1, -0.05) is 11.3 Å². The van der Waals surface area contributed by atoms with Crippen molar-refractivity contribution in [1.29, 1.82) is 0 Å². The highest BCUT2D eigenvalue weighted by molar-refractivity contribution is 5.87. The average molecular weight is 536 g/mol. The number of nitrogens with zero attached hydrogens (tertiary/aromatic N) is 6. The van der Waals surface area contributed by atoms with Crippen LogP contribution in [-0.2, 0) is 6.54 Å². The summed E-state index contributed by atoms with van der Waals surface area (Å²) in [6.07, 6.45) is 1.69. The van der Waals surface area contributed by atoms with Gasteiger partial charge in [-0.05, 0) is 72.8 Å². The van der Waals surface area contributed by atoms with E-state index in [-0.39, 0.29) is 17.3 Å². The van der Waals surface area contributed by atoms with Crippen LogP contribution >= 0.6 is 0 Å². The summed E-state index contributed by atoms with van der Waals surface area (Å²) in [6.45, 7) is 0.340. The molecular formula is C29H19F2N7O2. The molecule has 0 atom stereocenters. The first-order valence-corrected chi connectivity index (χ1v) is 12.2. The summed E-state index contributed by atoms with van der Waals surface area (Å²) < 4.78 is 28.7. The largest absolute Gasteiger partial charge is 0.379 e. The highest BCUT2D eigenvalue weighted by Gasteiger charge is 2.15. The molecule has 2 heterocycles. The third-order valence-electron chi connectivity index (χ3n) is 6.22. The molecule has 40 heavy (non-hydrogen) atoms. The number of hydrogen-bond donors (Lipinski definition) is 1. The minimum absolute atomic E-state index is 0.0347. The summed E-state index contributed by atoms with van der Waals surface area (Å²) in [4.78, 5) is 20.3. The minimum Gasteiger partial charge on any atom is -0.379 e. The molecule has 2 aromatic heterocycles. The van der Waals surface area contributed by atoms with Crippen LogP contribution in [0.3, 0.4) is 0 Å². The van der Waals surface area contributed by atoms with Gasteiger partial charge in [-0.15, -0.1) is 5.10 Å². The number of hydrogen-bond acceptors (Lipinski definition) is 7. The quantitative estimate of drug-likeness (QED) is 0.187. The Kier molecular flexibility index (Phi) is 6.37. The van der Waals surface area contributed by atoms with E-state index >= 15 is 0 Å². The minimum atomic E-state index is -0.463. The highest BCUT2D eigenvalue weighted by Crippen LogP contribution is 2.32. The van der Waals surface area contributed by atoms with E-state index in [0.717, 1.165) is 5.69 Å². The van der Waals surface area contributed by atoms with Crippen molar-refractivity contribution in [3.8, 4) is 28.2 Å². The van der Waals surface area contributed by atoms with Crippen molar-refractivity contribution in [3.05, 3.63) is 125 Å². The number of aromatic nitrogens is 5. The molecular weight excluding hydrogens is 516 g/mol. The summed E-state index contributed by atoms with van der Waals surface area (Å²) >= 11 is 0. The maximum atomic E-state index is 13.6. The lowest BCUT2D eigenvalue weighted by Crippen LogP contribution is -2.01. The molecule has 6 aromatic rings. The molecule has 0 saturated carbocycles. The molecule has 0 aliphatic carbocycles. The van der Waals surface area contributed by atoms with Gasteiger partial charge in [0.05, 0.1) is 45.8 Å². The van der Waals surface area contributed by atoms with Crippen LogP contribution in [-0.4, -0.2) is 29.9 Å². The first kappa shape index (κ1) is 24.7. The smallest absolute Gasteiger partial charge is 0.271 e. The van der Waals surface area contributed by atoms with Gasteiger partial charge in [-0.25, -0.2) is 23.4 Å². The molecule has 0 unspecified atom stereocenters. The lowest BCUT2D eigenvalue weighted by atomic mass is 10.0. The number of nitrogens with one attached hydrogen (secondary N) is 1. The Bertz CT molecular complexity index is 1860. The van der Waals surface area contributed by atoms with Gasteiger partial charge in [0.1, 0.15) is 17.3 Å². The van der Waals surface area contributed by atoms with Crippen LogP contribution in [0, 0.1) is 21.7 Å². The Labute approximate surface area is 225 Å². The monoisotopic (exact) mass is 535 g/mol. The molecule has 0 amide bonds. The molecule has 196 valence electrons. The van der Waals surface area contributed by atoms with Gasteiger partial charge in [0.25, 0.3) is 5.69 Å². The lowest BCUT2D eigenvalue weighted by molar-refractivity contribution is -0.384. The molecule has 0 aliphatic heterocycles. The normalized spacial score (nSPS) is 11.1. The van der Waals surface area contributed by atoms with Crippen molar-refractivity contribution in [2.75, 3.05) is 5.32 Å². The first-order chi connectivity index (χ1) is 19.4. The summed E-state index contributed by atoms with van der Waals surface area (Å²) in [6, 6.07) is 23.6. The fourth-order valence-corrected chi connectivity index (χ4v) is 4.23. The zero-order valence-electron chi connectivity index (χ0n) is 20.7. The molecule has 6 rings (SSSR count). The van der Waals surface area contributed by atoms with Crippen LogP contribution in [0.4, 0.5) is 20.2 Å². The maximum absolute atomic E-state index is 13.6. The molecule has 9 nitrogen and oxygen atoms in total. The van der Waals surface area contributed by atoms with E-state index in [2.05, 4.69) is 15.6 Å². The van der Waals surface area contributed by atoms with Crippen molar-refractivity contribution in [2.24, 2.45) is 0 Å². The second-order valence-corrected chi connectivity index (χ2v) is 8.92. The number of benzene rings is 4. The molecule has 1 N–H and O–H groups in total. The second kappa shape index (κ2) is 10.3. The number of non-ortho nitro benzene ring substituents is 1. The van der Waals surface area contributed by atoms with E-state index in [1.165, 1.54) is 41.1 Å². The Hall–Kier alpha value is -5.58. The standard InChI is InChI=1S/C29H19F2N7O2/c30-20-8-4-18(5-9-20)28-29(19-6-10-21(31)11-7-19)34-27-14-22(12-13-26(27)33-28)32-16-23-17-37(36-35-23)24-2-1-3-25(15-24)38(39)40/h1-15,17,32H,16H2. The van der Waals surface area contributed by atoms with Gasteiger partial charge in [-0.2, -0.15) is 0 Å². The number of rotatable bonds is 7. The van der Waals surface area contributed by atoms with Crippen molar-refractivity contribution >= 4 is 22.4 Å². The summed E-state index contributed by atoms with van der Waals surface area (Å²) in [5, 5.41) is 22.6. The van der Waals surface area contributed by atoms with Crippen molar-refractivity contribution in [3.63, 3.8) is 0 Å². The summed E-state index contributed by atoms with van der Waals surface area (Å²) in [5.41, 5.74) is 5.56. The third kappa shape index (κ3) is 5.07. The Balaban J connectivity index is 1.29. The van der Waals surface area contributed by atoms with Crippen LogP contribution in [0.5, 0.6) is 0 Å². The zero-order chi connectivity index (χ0) is 27.6. The van der Waals surface area contributed by atoms with Crippen LogP contribution in [0.1, 0.15) is 5.69 Å². The van der Waals surface area contributed by atoms with E-state index in [0.29, 0.717) is 51.5 Å². The Morgan fingerprint density at radius 2 is 1.45 bits per heavy atom. The second-order valence-electron chi connectivity index (χ2n) is 8.92. The summed E-state index contributed by atoms with van der Waals surface area (Å²) in [5.74, 6) is -0.726. The van der Waals surface area contributed by atoms with Gasteiger partial charge in [-0.3, -0.25) is 10.1 Å². The van der Waals surface area contributed by atoms with E-state index in [4.69, 9.17) is 9.97 Å². The van der Waals surface area contributed by atoms with Crippen molar-refractivity contribution < 1.29 is 13.7 Å². The Morgan fingerprint density at radius 1 is 0.800 bits per heavy atom. The van der Waals surface area contributed by atoms with E-state index in [1.54, 1.807) is 42.6 Å². The molecule has 4 aromatic carbocycles. The maximum Gasteiger partial charge on any atom is 0.271 e. The number of nitro groups is 1. The van der Waals surface area contributed by atoms with Crippen LogP contribution in [0.25, 0.3) is 39.2 Å². The molecule has 0 aliphatic rings. The number of nitro benzene ring substituents is 1. The van der Waals surface area contributed by atoms with Crippen LogP contribution < -0.4 is 5.32 Å². The predicted octanol–water partition coefficient (Wildman–Crippen LogP) is 6.34. The third-order valence-corrected chi connectivity index (χ3v) is 6.22. The molecule has 0 saturated heterocycles. The van der Waals surface area contributed by atoms with Crippen LogP contribution in [0.15, 0.2) is 97.2 Å². The molecule has 11 heteroatoms. The van der Waals surface area contributed by atoms with Crippen LogP contribution in [0.2, 0.25) is 0 Å². The fourth-order valence-electron chi connectivity index (χ4n) is 4.23. The summed E-state index contributed by atoms with van der Waals surface area (Å²) in [7, 11) is 0. The number of anilines is 1. The number of halogens is 2. The van der Waals surface area contributed by atoms with Gasteiger partial charge in [0.2, 0.25) is 0 Å². The van der Waals surface area contributed by atoms with Crippen molar-refractivity contribution in [2.45, 2.75) is 6.54 Å². The molecule has 0 bridgehead atoms. The number of fused-ring (bicyclic) bond motifs is 1. The predicted molar refractivity (Wildman–Crippen MR) is 146 cm³/mol. The van der Waals surface area contributed by atoms with E-state index in [9.17, 15) is 18.9 Å². The lowest BCUT2D eigenvalue weighted by Gasteiger charge is -2.12. The van der Waals surface area contributed by atoms with Gasteiger partial charge in [0.15, 0.2) is 0 Å². The van der Waals surface area contributed by atoms with E-state index < -0.39 is 4.92 Å². The molecule has 0 spiro atoms. The van der Waals surface area contributed by atoms with Gasteiger partial charge >= 0.3 is 0 Å². The zero-order valence-corrected chi connectivity index (χ0v) is 20.7. The highest BCUT2D eigenvalue weighted by atomic mass is 19.1. The van der Waals surface area contributed by atoms with Gasteiger partial charge in [0, 0.05) is 28.9 Å².